The number of rotatable bonds is 5. The summed E-state index contributed by atoms with van der Waals surface area (Å²) in [5.41, 5.74) is 0.957. The van der Waals surface area contributed by atoms with Crippen LogP contribution in [0.4, 0.5) is 0 Å². The summed E-state index contributed by atoms with van der Waals surface area (Å²) in [5.74, 6) is 1.01. The van der Waals surface area contributed by atoms with Crippen LogP contribution < -0.4 is 0 Å². The molecule has 2 rings (SSSR count). The van der Waals surface area contributed by atoms with Crippen molar-refractivity contribution in [2.45, 2.75) is 13.0 Å². The molecule has 0 radical (unpaired) electrons. The van der Waals surface area contributed by atoms with E-state index in [4.69, 9.17) is 9.15 Å². The van der Waals surface area contributed by atoms with E-state index in [-0.39, 0.29) is 5.78 Å². The number of carbonyl (C=O) groups excluding carboxylic acids is 1. The minimum absolute atomic E-state index is 0.0320. The van der Waals surface area contributed by atoms with Crippen LogP contribution >= 0.6 is 15.9 Å². The maximum atomic E-state index is 12.0. The summed E-state index contributed by atoms with van der Waals surface area (Å²) in [6.07, 6.45) is 0.333. The first-order valence-corrected chi connectivity index (χ1v) is 6.33. The second-order valence-corrected chi connectivity index (χ2v) is 4.84. The average Bonchev–Trinajstić information content (AvgIpc) is 2.78. The van der Waals surface area contributed by atoms with Crippen LogP contribution in [0, 0.1) is 0 Å². The van der Waals surface area contributed by atoms with Crippen molar-refractivity contribution in [2.24, 2.45) is 0 Å². The van der Waals surface area contributed by atoms with E-state index in [0.717, 1.165) is 10.0 Å². The zero-order chi connectivity index (χ0) is 13.0. The summed E-state index contributed by atoms with van der Waals surface area (Å²) in [5, 5.41) is 0. The van der Waals surface area contributed by atoms with Gasteiger partial charge < -0.3 is 9.15 Å². The van der Waals surface area contributed by atoms with Gasteiger partial charge in [0.25, 0.3) is 0 Å². The predicted octanol–water partition coefficient (Wildman–Crippen LogP) is 3.61. The zero-order valence-electron chi connectivity index (χ0n) is 9.98. The molecule has 2 aromatic rings. The predicted molar refractivity (Wildman–Crippen MR) is 71.6 cm³/mol. The summed E-state index contributed by atoms with van der Waals surface area (Å²) in [6, 6.07) is 11.1. The molecule has 0 fully saturated rings. The van der Waals surface area contributed by atoms with Crippen molar-refractivity contribution in [3.8, 4) is 0 Å². The summed E-state index contributed by atoms with van der Waals surface area (Å²) in [4.78, 5) is 12.0. The van der Waals surface area contributed by atoms with E-state index in [1.807, 2.05) is 24.3 Å². The quantitative estimate of drug-likeness (QED) is 0.792. The van der Waals surface area contributed by atoms with Gasteiger partial charge in [0.2, 0.25) is 5.78 Å². The molecule has 94 valence electrons. The highest BCUT2D eigenvalue weighted by Crippen LogP contribution is 2.15. The lowest BCUT2D eigenvalue weighted by Crippen LogP contribution is -2.02. The van der Waals surface area contributed by atoms with E-state index in [0.29, 0.717) is 24.5 Å². The van der Waals surface area contributed by atoms with Gasteiger partial charge in [-0.2, -0.15) is 0 Å². The van der Waals surface area contributed by atoms with Crippen LogP contribution in [-0.4, -0.2) is 12.9 Å². The van der Waals surface area contributed by atoms with Crippen LogP contribution in [0.3, 0.4) is 0 Å². The van der Waals surface area contributed by atoms with Gasteiger partial charge in [0, 0.05) is 18.0 Å². The van der Waals surface area contributed by atoms with E-state index in [9.17, 15) is 4.79 Å². The Labute approximate surface area is 114 Å². The van der Waals surface area contributed by atoms with Crippen LogP contribution in [0.25, 0.3) is 0 Å². The monoisotopic (exact) mass is 308 g/mol. The first kappa shape index (κ1) is 13.1. The molecule has 0 unspecified atom stereocenters. The number of ketones is 1. The summed E-state index contributed by atoms with van der Waals surface area (Å²) in [7, 11) is 1.59. The van der Waals surface area contributed by atoms with E-state index in [1.165, 1.54) is 0 Å². The number of benzene rings is 1. The molecule has 0 aliphatic carbocycles. The molecule has 1 heterocycles. The van der Waals surface area contributed by atoms with Gasteiger partial charge in [-0.15, -0.1) is 0 Å². The van der Waals surface area contributed by atoms with Gasteiger partial charge in [-0.05, 0) is 29.8 Å². The fourth-order valence-electron chi connectivity index (χ4n) is 1.67. The number of furan rings is 1. The van der Waals surface area contributed by atoms with Crippen LogP contribution in [-0.2, 0) is 17.8 Å². The Hall–Kier alpha value is -1.39. The summed E-state index contributed by atoms with van der Waals surface area (Å²) >= 11 is 3.38. The van der Waals surface area contributed by atoms with Crippen molar-refractivity contribution < 1.29 is 13.9 Å². The third kappa shape index (κ3) is 3.31. The lowest BCUT2D eigenvalue weighted by Gasteiger charge is -2.00. The molecule has 0 aliphatic rings. The molecule has 1 aromatic heterocycles. The molecule has 4 heteroatoms. The van der Waals surface area contributed by atoms with Crippen molar-refractivity contribution >= 4 is 21.7 Å². The lowest BCUT2D eigenvalue weighted by molar-refractivity contribution is 0.0957. The first-order chi connectivity index (χ1) is 8.69. The summed E-state index contributed by atoms with van der Waals surface area (Å²) in [6.45, 7) is 0.379. The Morgan fingerprint density at radius 1 is 1.33 bits per heavy atom. The highest BCUT2D eigenvalue weighted by atomic mass is 79.9. The molecular weight excluding hydrogens is 296 g/mol. The van der Waals surface area contributed by atoms with Gasteiger partial charge >= 0.3 is 0 Å². The number of hydrogen-bond donors (Lipinski definition) is 0. The molecule has 0 saturated carbocycles. The van der Waals surface area contributed by atoms with E-state index >= 15 is 0 Å². The van der Waals surface area contributed by atoms with Gasteiger partial charge in [-0.1, -0.05) is 28.1 Å². The highest BCUT2D eigenvalue weighted by molar-refractivity contribution is 9.10. The second kappa shape index (κ2) is 5.98. The standard InChI is InChI=1S/C14H13BrO3/c1-17-9-12-5-6-14(18-12)13(16)8-10-3-2-4-11(15)7-10/h2-7H,8-9H2,1H3. The van der Waals surface area contributed by atoms with Crippen molar-refractivity contribution in [1.29, 1.82) is 0 Å². The Morgan fingerprint density at radius 3 is 2.89 bits per heavy atom. The number of halogens is 1. The minimum atomic E-state index is -0.0320. The molecule has 1 aromatic carbocycles. The van der Waals surface area contributed by atoms with Gasteiger partial charge in [-0.3, -0.25) is 4.79 Å². The van der Waals surface area contributed by atoms with Crippen molar-refractivity contribution in [3.05, 3.63) is 58.0 Å². The van der Waals surface area contributed by atoms with Gasteiger partial charge in [0.1, 0.15) is 12.4 Å². The third-order valence-electron chi connectivity index (χ3n) is 2.48. The SMILES string of the molecule is COCc1ccc(C(=O)Cc2cccc(Br)c2)o1. The highest BCUT2D eigenvalue weighted by Gasteiger charge is 2.12. The average molecular weight is 309 g/mol. The molecule has 0 aliphatic heterocycles. The third-order valence-corrected chi connectivity index (χ3v) is 2.97. The van der Waals surface area contributed by atoms with E-state index in [2.05, 4.69) is 15.9 Å². The molecule has 0 amide bonds. The zero-order valence-corrected chi connectivity index (χ0v) is 11.6. The van der Waals surface area contributed by atoms with Gasteiger partial charge in [0.05, 0.1) is 0 Å². The maximum absolute atomic E-state index is 12.0. The lowest BCUT2D eigenvalue weighted by atomic mass is 10.1. The Balaban J connectivity index is 2.07. The van der Waals surface area contributed by atoms with Crippen molar-refractivity contribution in [1.82, 2.24) is 0 Å². The largest absolute Gasteiger partial charge is 0.456 e. The Kier molecular flexibility index (Phi) is 4.33. The molecule has 0 bridgehead atoms. The van der Waals surface area contributed by atoms with Crippen molar-refractivity contribution in [3.63, 3.8) is 0 Å². The Bertz CT molecular complexity index is 545. The molecule has 0 atom stereocenters. The minimum Gasteiger partial charge on any atom is -0.456 e. The topological polar surface area (TPSA) is 39.4 Å². The van der Waals surface area contributed by atoms with E-state index < -0.39 is 0 Å². The molecule has 3 nitrogen and oxygen atoms in total. The van der Waals surface area contributed by atoms with Crippen molar-refractivity contribution in [2.75, 3.05) is 7.11 Å². The molecule has 0 N–H and O–H groups in total. The number of ether oxygens (including phenoxy) is 1. The summed E-state index contributed by atoms with van der Waals surface area (Å²) < 4.78 is 11.3. The number of carbonyl (C=O) groups is 1. The maximum Gasteiger partial charge on any atom is 0.202 e. The fourth-order valence-corrected chi connectivity index (χ4v) is 2.11. The smallest absolute Gasteiger partial charge is 0.202 e. The first-order valence-electron chi connectivity index (χ1n) is 5.54. The van der Waals surface area contributed by atoms with Crippen LogP contribution in [0.2, 0.25) is 0 Å². The van der Waals surface area contributed by atoms with Crippen LogP contribution in [0.5, 0.6) is 0 Å². The molecule has 0 spiro atoms. The molecule has 18 heavy (non-hydrogen) atoms. The van der Waals surface area contributed by atoms with Crippen LogP contribution in [0.1, 0.15) is 21.9 Å². The normalized spacial score (nSPS) is 10.6. The number of Topliss-reactive ketones (excluding diaryl/α,β-unsaturated/α-hetero) is 1. The van der Waals surface area contributed by atoms with Gasteiger partial charge in [0.15, 0.2) is 5.76 Å². The molecular formula is C14H13BrO3. The van der Waals surface area contributed by atoms with Gasteiger partial charge in [-0.25, -0.2) is 0 Å². The molecule has 0 saturated heterocycles. The van der Waals surface area contributed by atoms with Crippen LogP contribution in [0.15, 0.2) is 45.3 Å². The fraction of sp³-hybridized carbons (Fsp3) is 0.214. The number of hydrogen-bond acceptors (Lipinski definition) is 3. The number of methoxy groups -OCH3 is 1. The second-order valence-electron chi connectivity index (χ2n) is 3.93. The van der Waals surface area contributed by atoms with E-state index in [1.54, 1.807) is 19.2 Å². The Morgan fingerprint density at radius 2 is 2.17 bits per heavy atom.